The van der Waals surface area contributed by atoms with Gasteiger partial charge in [0.1, 0.15) is 0 Å². The lowest BCUT2D eigenvalue weighted by Gasteiger charge is -2.42. The molecule has 0 N–H and O–H groups in total. The first-order valence-electron chi connectivity index (χ1n) is 11.2. The van der Waals surface area contributed by atoms with E-state index in [0.717, 1.165) is 18.2 Å². The Bertz CT molecular complexity index is 1150. The van der Waals surface area contributed by atoms with E-state index in [1.165, 1.54) is 18.2 Å². The monoisotopic (exact) mass is 493 g/mol. The average molecular weight is 493 g/mol. The van der Waals surface area contributed by atoms with Gasteiger partial charge >= 0.3 is 6.18 Å². The summed E-state index contributed by atoms with van der Waals surface area (Å²) < 4.78 is 72.7. The Morgan fingerprint density at radius 1 is 1.14 bits per heavy atom. The van der Waals surface area contributed by atoms with E-state index in [1.54, 1.807) is 18.1 Å². The summed E-state index contributed by atoms with van der Waals surface area (Å²) in [6.07, 6.45) is -3.46. The molecular weight excluding hydrogens is 469 g/mol. The Hall–Kier alpha value is -3.19. The molecular formula is C25H24F5N3O2. The number of ether oxygens (including phenoxy) is 1. The summed E-state index contributed by atoms with van der Waals surface area (Å²) in [5.41, 5.74) is -1.22. The fourth-order valence-electron chi connectivity index (χ4n) is 5.25. The van der Waals surface area contributed by atoms with Crippen LogP contribution in [0.15, 0.2) is 36.4 Å². The maximum Gasteiger partial charge on any atom is 0.417 e. The number of halogens is 5. The number of hydrogen-bond donors (Lipinski definition) is 0. The van der Waals surface area contributed by atoms with E-state index in [2.05, 4.69) is 0 Å². The number of piperidine rings is 1. The third kappa shape index (κ3) is 4.82. The van der Waals surface area contributed by atoms with Crippen molar-refractivity contribution < 1.29 is 31.5 Å². The van der Waals surface area contributed by atoms with Gasteiger partial charge in [0.25, 0.3) is 5.91 Å². The van der Waals surface area contributed by atoms with Crippen LogP contribution in [0.1, 0.15) is 34.3 Å². The summed E-state index contributed by atoms with van der Waals surface area (Å²) in [5.74, 6) is -2.47. The van der Waals surface area contributed by atoms with Crippen LogP contribution in [0.2, 0.25) is 0 Å². The molecule has 2 aliphatic rings. The standard InChI is InChI=1S/C25H24F5N3O2/c1-35-14-18-13-33(19-4-2-17(12-31)20(11-19)25(28,29)30)15-24(18)6-8-32(9-7-24)23(34)16-3-5-21(26)22(27)10-16/h2-5,10-11,18H,6-9,13-15H2,1H3. The van der Waals surface area contributed by atoms with Gasteiger partial charge in [-0.1, -0.05) is 0 Å². The number of anilines is 1. The molecule has 35 heavy (non-hydrogen) atoms. The van der Waals surface area contributed by atoms with Crippen molar-refractivity contribution in [1.29, 1.82) is 5.26 Å². The van der Waals surface area contributed by atoms with Crippen molar-refractivity contribution in [3.8, 4) is 6.07 Å². The summed E-state index contributed by atoms with van der Waals surface area (Å²) in [4.78, 5) is 16.3. The molecule has 10 heteroatoms. The quantitative estimate of drug-likeness (QED) is 0.571. The Labute approximate surface area is 199 Å². The van der Waals surface area contributed by atoms with Crippen LogP contribution in [0.3, 0.4) is 0 Å². The lowest BCUT2D eigenvalue weighted by molar-refractivity contribution is -0.137. The largest absolute Gasteiger partial charge is 0.417 e. The second-order valence-corrected chi connectivity index (χ2v) is 9.16. The smallest absolute Gasteiger partial charge is 0.384 e. The summed E-state index contributed by atoms with van der Waals surface area (Å²) in [7, 11) is 1.57. The van der Waals surface area contributed by atoms with Crippen molar-refractivity contribution in [2.24, 2.45) is 11.3 Å². The van der Waals surface area contributed by atoms with Crippen molar-refractivity contribution in [2.75, 3.05) is 44.8 Å². The second kappa shape index (κ2) is 9.46. The van der Waals surface area contributed by atoms with Gasteiger partial charge in [-0.25, -0.2) is 8.78 Å². The van der Waals surface area contributed by atoms with E-state index in [4.69, 9.17) is 10.00 Å². The molecule has 1 spiro atoms. The zero-order chi connectivity index (χ0) is 25.4. The van der Waals surface area contributed by atoms with Crippen LogP contribution in [-0.4, -0.2) is 50.7 Å². The normalized spacial score (nSPS) is 19.7. The predicted octanol–water partition coefficient (Wildman–Crippen LogP) is 4.86. The topological polar surface area (TPSA) is 56.6 Å². The number of alkyl halides is 3. The number of nitrogens with zero attached hydrogens (tertiary/aromatic N) is 3. The molecule has 2 heterocycles. The van der Waals surface area contributed by atoms with Crippen molar-refractivity contribution >= 4 is 11.6 Å². The first kappa shape index (κ1) is 24.9. The molecule has 1 unspecified atom stereocenters. The second-order valence-electron chi connectivity index (χ2n) is 9.16. The number of hydrogen-bond acceptors (Lipinski definition) is 4. The van der Waals surface area contributed by atoms with Crippen LogP contribution in [0, 0.1) is 34.3 Å². The number of nitriles is 1. The number of likely N-dealkylation sites (tertiary alicyclic amines) is 1. The molecule has 2 aliphatic heterocycles. The molecule has 1 amide bonds. The minimum atomic E-state index is -4.64. The van der Waals surface area contributed by atoms with E-state index in [0.29, 0.717) is 51.3 Å². The lowest BCUT2D eigenvalue weighted by atomic mass is 9.71. The highest BCUT2D eigenvalue weighted by Crippen LogP contribution is 2.47. The average Bonchev–Trinajstić information content (AvgIpc) is 3.17. The Kier molecular flexibility index (Phi) is 6.73. The summed E-state index contributed by atoms with van der Waals surface area (Å²) in [6.45, 7) is 2.14. The molecule has 4 rings (SSSR count). The van der Waals surface area contributed by atoms with Crippen molar-refractivity contribution in [2.45, 2.75) is 19.0 Å². The predicted molar refractivity (Wildman–Crippen MR) is 118 cm³/mol. The highest BCUT2D eigenvalue weighted by atomic mass is 19.4. The maximum absolute atomic E-state index is 13.6. The fraction of sp³-hybridized carbons (Fsp3) is 0.440. The highest BCUT2D eigenvalue weighted by molar-refractivity contribution is 5.94. The van der Waals surface area contributed by atoms with Crippen LogP contribution >= 0.6 is 0 Å². The van der Waals surface area contributed by atoms with E-state index < -0.39 is 28.9 Å². The van der Waals surface area contributed by atoms with Crippen LogP contribution in [0.25, 0.3) is 0 Å². The van der Waals surface area contributed by atoms with Crippen LogP contribution < -0.4 is 4.90 Å². The molecule has 2 aromatic carbocycles. The molecule has 0 aliphatic carbocycles. The number of rotatable bonds is 4. The van der Waals surface area contributed by atoms with Crippen LogP contribution in [-0.2, 0) is 10.9 Å². The van der Waals surface area contributed by atoms with Gasteiger partial charge in [0.2, 0.25) is 0 Å². The molecule has 186 valence electrons. The SMILES string of the molecule is COCC1CN(c2ccc(C#N)c(C(F)(F)F)c2)CC12CCN(C(=O)c1ccc(F)c(F)c1)CC2. The molecule has 1 atom stereocenters. The molecule has 5 nitrogen and oxygen atoms in total. The van der Waals surface area contributed by atoms with Gasteiger partial charge in [-0.3, -0.25) is 4.79 Å². The molecule has 0 bridgehead atoms. The molecule has 2 saturated heterocycles. The molecule has 0 aromatic heterocycles. The van der Waals surface area contributed by atoms with Gasteiger partial charge in [-0.15, -0.1) is 0 Å². The van der Waals surface area contributed by atoms with Gasteiger partial charge < -0.3 is 14.5 Å². The third-order valence-electron chi connectivity index (χ3n) is 7.19. The number of carbonyl (C=O) groups is 1. The molecule has 2 aromatic rings. The first-order chi connectivity index (χ1) is 16.6. The van der Waals surface area contributed by atoms with Gasteiger partial charge in [-0.05, 0) is 54.7 Å². The number of methoxy groups -OCH3 is 1. The summed E-state index contributed by atoms with van der Waals surface area (Å²) in [5, 5.41) is 9.08. The fourth-order valence-corrected chi connectivity index (χ4v) is 5.25. The molecule has 0 saturated carbocycles. The highest BCUT2D eigenvalue weighted by Gasteiger charge is 2.49. The number of amides is 1. The van der Waals surface area contributed by atoms with E-state index >= 15 is 0 Å². The van der Waals surface area contributed by atoms with Gasteiger partial charge in [0.05, 0.1) is 23.8 Å². The minimum Gasteiger partial charge on any atom is -0.384 e. The van der Waals surface area contributed by atoms with Crippen LogP contribution in [0.4, 0.5) is 27.6 Å². The van der Waals surface area contributed by atoms with Crippen LogP contribution in [0.5, 0.6) is 0 Å². The zero-order valence-electron chi connectivity index (χ0n) is 19.0. The zero-order valence-corrected chi connectivity index (χ0v) is 19.0. The van der Waals surface area contributed by atoms with Gasteiger partial charge in [-0.2, -0.15) is 18.4 Å². The summed E-state index contributed by atoms with van der Waals surface area (Å²) >= 11 is 0. The molecule has 2 fully saturated rings. The minimum absolute atomic E-state index is 0.0259. The Morgan fingerprint density at radius 3 is 2.46 bits per heavy atom. The lowest BCUT2D eigenvalue weighted by Crippen LogP contribution is -2.47. The van der Waals surface area contributed by atoms with E-state index in [9.17, 15) is 26.7 Å². The van der Waals surface area contributed by atoms with Gasteiger partial charge in [0, 0.05) is 50.5 Å². The first-order valence-corrected chi connectivity index (χ1v) is 11.2. The number of carbonyl (C=O) groups excluding carboxylic acids is 1. The van der Waals surface area contributed by atoms with E-state index in [1.807, 2.05) is 4.90 Å². The molecule has 0 radical (unpaired) electrons. The maximum atomic E-state index is 13.6. The van der Waals surface area contributed by atoms with Gasteiger partial charge in [0.15, 0.2) is 11.6 Å². The van der Waals surface area contributed by atoms with Crippen molar-refractivity contribution in [3.05, 3.63) is 64.7 Å². The Balaban J connectivity index is 1.53. The van der Waals surface area contributed by atoms with Crippen molar-refractivity contribution in [1.82, 2.24) is 4.90 Å². The van der Waals surface area contributed by atoms with E-state index in [-0.39, 0.29) is 22.8 Å². The third-order valence-corrected chi connectivity index (χ3v) is 7.19. The number of benzene rings is 2. The van der Waals surface area contributed by atoms with Crippen molar-refractivity contribution in [3.63, 3.8) is 0 Å². The summed E-state index contributed by atoms with van der Waals surface area (Å²) in [6, 6.07) is 8.39. The Morgan fingerprint density at radius 2 is 1.86 bits per heavy atom.